The summed E-state index contributed by atoms with van der Waals surface area (Å²) in [6, 6.07) is 0. The molecule has 1 atom stereocenters. The van der Waals surface area contributed by atoms with E-state index >= 15 is 0 Å². The minimum atomic E-state index is -0.806. The van der Waals surface area contributed by atoms with E-state index in [1.807, 2.05) is 0 Å². The first-order valence-corrected chi connectivity index (χ1v) is 33.9. The minimum absolute atomic E-state index is 0.0965. The molecule has 0 heterocycles. The van der Waals surface area contributed by atoms with Crippen LogP contribution in [0, 0.1) is 0 Å². The molecule has 0 bridgehead atoms. The van der Waals surface area contributed by atoms with Crippen LogP contribution >= 0.6 is 0 Å². The van der Waals surface area contributed by atoms with Gasteiger partial charge < -0.3 is 14.2 Å². The van der Waals surface area contributed by atoms with E-state index in [0.29, 0.717) is 19.3 Å². The van der Waals surface area contributed by atoms with Gasteiger partial charge in [-0.3, -0.25) is 14.4 Å². The second-order valence-corrected chi connectivity index (χ2v) is 22.3. The molecule has 0 aromatic rings. The Balaban J connectivity index is 4.18. The van der Waals surface area contributed by atoms with E-state index in [1.165, 1.54) is 173 Å². The maximum Gasteiger partial charge on any atom is 0.306 e. The zero-order valence-corrected chi connectivity index (χ0v) is 52.6. The van der Waals surface area contributed by atoms with Crippen molar-refractivity contribution in [2.24, 2.45) is 0 Å². The molecule has 0 aromatic carbocycles. The molecule has 80 heavy (non-hydrogen) atoms. The first-order chi connectivity index (χ1) is 39.5. The van der Waals surface area contributed by atoms with Gasteiger partial charge in [0.15, 0.2) is 6.10 Å². The SMILES string of the molecule is CC/C=C\C/C=C\C/C=C\C/C=C\C/C=C\CCCC(=O)OC(COC(=O)CCCCCCCCCCCCCC)COC(=O)CCCCCCCCCCCCCCCCCCCCCC/C=C\C/C=C\C/C=C\C/C=C\CC. The zero-order chi connectivity index (χ0) is 57.8. The summed E-state index contributed by atoms with van der Waals surface area (Å²) < 4.78 is 16.9. The molecule has 0 spiro atoms. The van der Waals surface area contributed by atoms with Crippen LogP contribution < -0.4 is 0 Å². The lowest BCUT2D eigenvalue weighted by atomic mass is 10.0. The number of ether oxygens (including phenoxy) is 3. The Labute approximate surface area is 495 Å². The fourth-order valence-electron chi connectivity index (χ4n) is 9.53. The average Bonchev–Trinajstić information content (AvgIpc) is 3.46. The second kappa shape index (κ2) is 67.6. The predicted molar refractivity (Wildman–Crippen MR) is 348 cm³/mol. The third-order valence-electron chi connectivity index (χ3n) is 14.5. The van der Waals surface area contributed by atoms with E-state index in [4.69, 9.17) is 14.2 Å². The van der Waals surface area contributed by atoms with Crippen LogP contribution in [0.1, 0.15) is 323 Å². The van der Waals surface area contributed by atoms with Crippen molar-refractivity contribution in [3.05, 3.63) is 109 Å². The van der Waals surface area contributed by atoms with Gasteiger partial charge in [0.25, 0.3) is 0 Å². The maximum absolute atomic E-state index is 12.9. The average molecular weight is 1110 g/mol. The molecule has 0 aliphatic carbocycles. The van der Waals surface area contributed by atoms with Gasteiger partial charge >= 0.3 is 17.9 Å². The smallest absolute Gasteiger partial charge is 0.306 e. The number of carbonyl (C=O) groups excluding carboxylic acids is 3. The number of esters is 3. The number of rotatable bonds is 61. The van der Waals surface area contributed by atoms with Gasteiger partial charge in [0.2, 0.25) is 0 Å². The van der Waals surface area contributed by atoms with Crippen LogP contribution in [0.25, 0.3) is 0 Å². The molecule has 0 radical (unpaired) electrons. The Morgan fingerprint density at radius 1 is 0.263 bits per heavy atom. The highest BCUT2D eigenvalue weighted by atomic mass is 16.6. The van der Waals surface area contributed by atoms with Gasteiger partial charge in [-0.2, -0.15) is 0 Å². The summed E-state index contributed by atoms with van der Waals surface area (Å²) in [5, 5.41) is 0. The van der Waals surface area contributed by atoms with E-state index in [1.54, 1.807) is 0 Å². The lowest BCUT2D eigenvalue weighted by Crippen LogP contribution is -2.30. The summed E-state index contributed by atoms with van der Waals surface area (Å²) in [6.45, 7) is 6.39. The van der Waals surface area contributed by atoms with Crippen LogP contribution in [0.15, 0.2) is 109 Å². The number of hydrogen-bond acceptors (Lipinski definition) is 6. The van der Waals surface area contributed by atoms with Gasteiger partial charge in [0.1, 0.15) is 13.2 Å². The first-order valence-electron chi connectivity index (χ1n) is 33.9. The summed E-state index contributed by atoms with van der Waals surface area (Å²) in [5.74, 6) is -0.943. The van der Waals surface area contributed by atoms with Gasteiger partial charge in [-0.15, -0.1) is 0 Å². The zero-order valence-electron chi connectivity index (χ0n) is 52.6. The highest BCUT2D eigenvalue weighted by Gasteiger charge is 2.19. The highest BCUT2D eigenvalue weighted by molar-refractivity contribution is 5.71. The van der Waals surface area contributed by atoms with E-state index in [0.717, 1.165) is 103 Å². The summed E-state index contributed by atoms with van der Waals surface area (Å²) in [6.07, 6.45) is 92.7. The molecular weight excluding hydrogens is 985 g/mol. The van der Waals surface area contributed by atoms with Crippen molar-refractivity contribution in [3.63, 3.8) is 0 Å². The van der Waals surface area contributed by atoms with Crippen molar-refractivity contribution in [1.82, 2.24) is 0 Å². The van der Waals surface area contributed by atoms with Crippen LogP contribution in [-0.2, 0) is 28.6 Å². The van der Waals surface area contributed by atoms with Crippen molar-refractivity contribution >= 4 is 17.9 Å². The van der Waals surface area contributed by atoms with Crippen molar-refractivity contribution in [2.45, 2.75) is 329 Å². The second-order valence-electron chi connectivity index (χ2n) is 22.3. The van der Waals surface area contributed by atoms with Crippen molar-refractivity contribution in [3.8, 4) is 0 Å². The number of allylic oxidation sites excluding steroid dienone is 18. The summed E-state index contributed by atoms with van der Waals surface area (Å²) in [4.78, 5) is 38.3. The van der Waals surface area contributed by atoms with Crippen LogP contribution in [0.2, 0.25) is 0 Å². The third kappa shape index (κ3) is 64.9. The Hall–Kier alpha value is -3.93. The van der Waals surface area contributed by atoms with Crippen molar-refractivity contribution in [1.29, 1.82) is 0 Å². The summed E-state index contributed by atoms with van der Waals surface area (Å²) in [5.41, 5.74) is 0. The fourth-order valence-corrected chi connectivity index (χ4v) is 9.53. The molecule has 0 aromatic heterocycles. The molecule has 0 aliphatic heterocycles. The monoisotopic (exact) mass is 1110 g/mol. The van der Waals surface area contributed by atoms with E-state index in [-0.39, 0.29) is 37.5 Å². The molecule has 6 nitrogen and oxygen atoms in total. The molecule has 0 N–H and O–H groups in total. The minimum Gasteiger partial charge on any atom is -0.462 e. The van der Waals surface area contributed by atoms with E-state index < -0.39 is 6.10 Å². The molecule has 0 aliphatic rings. The summed E-state index contributed by atoms with van der Waals surface area (Å²) >= 11 is 0. The molecule has 6 heteroatoms. The topological polar surface area (TPSA) is 78.9 Å². The van der Waals surface area contributed by atoms with E-state index in [9.17, 15) is 14.4 Å². The predicted octanol–water partition coefficient (Wildman–Crippen LogP) is 23.4. The maximum atomic E-state index is 12.9. The lowest BCUT2D eigenvalue weighted by Gasteiger charge is -2.18. The quantitative estimate of drug-likeness (QED) is 0.0261. The first kappa shape index (κ1) is 76.1. The van der Waals surface area contributed by atoms with Crippen molar-refractivity contribution < 1.29 is 28.6 Å². The normalized spacial score (nSPS) is 12.8. The van der Waals surface area contributed by atoms with Crippen LogP contribution in [-0.4, -0.2) is 37.2 Å². The Kier molecular flexibility index (Phi) is 64.3. The number of unbranched alkanes of at least 4 members (excludes halogenated alkanes) is 32. The lowest BCUT2D eigenvalue weighted by molar-refractivity contribution is -0.167. The Morgan fingerprint density at radius 3 is 0.800 bits per heavy atom. The highest BCUT2D eigenvalue weighted by Crippen LogP contribution is 2.17. The van der Waals surface area contributed by atoms with Gasteiger partial charge in [0.05, 0.1) is 0 Å². The molecule has 0 saturated carbocycles. The van der Waals surface area contributed by atoms with Crippen molar-refractivity contribution in [2.75, 3.05) is 13.2 Å². The van der Waals surface area contributed by atoms with Gasteiger partial charge in [0, 0.05) is 19.3 Å². The molecule has 0 amide bonds. The molecular formula is C74H126O6. The Morgan fingerprint density at radius 2 is 0.500 bits per heavy atom. The molecule has 458 valence electrons. The molecule has 0 rings (SSSR count). The van der Waals surface area contributed by atoms with E-state index in [2.05, 4.69) is 130 Å². The largest absolute Gasteiger partial charge is 0.462 e. The van der Waals surface area contributed by atoms with Crippen LogP contribution in [0.5, 0.6) is 0 Å². The Bertz CT molecular complexity index is 1610. The molecule has 0 saturated heterocycles. The van der Waals surface area contributed by atoms with Gasteiger partial charge in [-0.05, 0) is 96.3 Å². The van der Waals surface area contributed by atoms with Gasteiger partial charge in [-0.1, -0.05) is 316 Å². The third-order valence-corrected chi connectivity index (χ3v) is 14.5. The molecule has 1 unspecified atom stereocenters. The summed E-state index contributed by atoms with van der Waals surface area (Å²) in [7, 11) is 0. The van der Waals surface area contributed by atoms with Gasteiger partial charge in [-0.25, -0.2) is 0 Å². The van der Waals surface area contributed by atoms with Crippen LogP contribution in [0.4, 0.5) is 0 Å². The van der Waals surface area contributed by atoms with Crippen LogP contribution in [0.3, 0.4) is 0 Å². The molecule has 0 fully saturated rings. The standard InChI is InChI=1S/C74H126O6/c1-4-7-10-13-16-19-22-25-27-29-30-31-32-33-34-35-36-37-38-39-40-41-42-43-44-46-47-49-52-55-58-61-64-67-73(76)79-70-71(69-78-72(75)66-63-60-57-54-51-24-21-18-15-12-9-6-3)80-74(77)68-65-62-59-56-53-50-48-45-28-26-23-20-17-14-11-8-5-2/h7-8,10-11,16-17,19-20,25-28,30-31,48,50,56,59,71H,4-6,9,12-15,18,21-24,29,32-47,49,51-55,57-58,60-70H2,1-3H3/b10-7-,11-8-,19-16-,20-17-,27-25-,28-26-,31-30-,50-48-,59-56-. The number of carbonyl (C=O) groups is 3. The fraction of sp³-hybridized carbons (Fsp3) is 0.716. The number of hydrogen-bond donors (Lipinski definition) is 0.